The summed E-state index contributed by atoms with van der Waals surface area (Å²) >= 11 is 0. The van der Waals surface area contributed by atoms with Crippen LogP contribution in [0.15, 0.2) is 12.1 Å². The predicted molar refractivity (Wildman–Crippen MR) is 59.1 cm³/mol. The minimum Gasteiger partial charge on any atom is -0.488 e. The van der Waals surface area contributed by atoms with Crippen molar-refractivity contribution in [2.24, 2.45) is 0 Å². The van der Waals surface area contributed by atoms with Crippen LogP contribution in [0.1, 0.15) is 16.8 Å². The van der Waals surface area contributed by atoms with Crippen molar-refractivity contribution in [1.29, 1.82) is 0 Å². The minimum atomic E-state index is -1.03. The van der Waals surface area contributed by atoms with Crippen molar-refractivity contribution in [2.75, 3.05) is 23.8 Å². The van der Waals surface area contributed by atoms with Crippen molar-refractivity contribution < 1.29 is 14.6 Å². The molecule has 1 fully saturated rings. The summed E-state index contributed by atoms with van der Waals surface area (Å²) < 4.78 is 5.53. The van der Waals surface area contributed by atoms with Crippen molar-refractivity contribution in [3.8, 4) is 5.75 Å². The highest BCUT2D eigenvalue weighted by atomic mass is 16.5. The number of ether oxygens (including phenoxy) is 1. The van der Waals surface area contributed by atoms with Gasteiger partial charge in [0.05, 0.1) is 17.4 Å². The lowest BCUT2D eigenvalue weighted by atomic mass is 9.98. The van der Waals surface area contributed by atoms with Gasteiger partial charge in [-0.25, -0.2) is 4.79 Å². The Balaban J connectivity index is 2.16. The van der Waals surface area contributed by atoms with Gasteiger partial charge in [0.15, 0.2) is 5.75 Å². The lowest BCUT2D eigenvalue weighted by molar-refractivity contribution is 0.0691. The smallest absolute Gasteiger partial charge is 0.341 e. The second-order valence-corrected chi connectivity index (χ2v) is 4.13. The maximum Gasteiger partial charge on any atom is 0.341 e. The number of hydrogen-bond donors (Lipinski definition) is 2. The molecule has 0 amide bonds. The van der Waals surface area contributed by atoms with E-state index in [9.17, 15) is 4.79 Å². The summed E-state index contributed by atoms with van der Waals surface area (Å²) in [4.78, 5) is 13.3. The summed E-state index contributed by atoms with van der Waals surface area (Å²) in [6, 6.07) is 3.87. The van der Waals surface area contributed by atoms with Crippen LogP contribution in [0.5, 0.6) is 5.75 Å². The van der Waals surface area contributed by atoms with Crippen LogP contribution in [0.3, 0.4) is 0 Å². The van der Waals surface area contributed by atoms with Gasteiger partial charge in [0.25, 0.3) is 0 Å². The number of carboxylic acids is 1. The molecular weight excluding hydrogens is 208 g/mol. The Kier molecular flexibility index (Phi) is 1.77. The Labute approximate surface area is 92.4 Å². The zero-order valence-electron chi connectivity index (χ0n) is 8.64. The van der Waals surface area contributed by atoms with Crippen LogP contribution in [0.4, 0.5) is 11.4 Å². The standard InChI is InChI=1S/C11H12N2O3/c12-7-1-2-8-10(9(7)11(14)15)16-5-6-3-4-13(6)8/h1-2,6H,3-5,12H2,(H,14,15)/t6-/m1/s1. The number of carbonyl (C=O) groups is 1. The highest BCUT2D eigenvalue weighted by Crippen LogP contribution is 2.43. The fraction of sp³-hybridized carbons (Fsp3) is 0.364. The van der Waals surface area contributed by atoms with Gasteiger partial charge < -0.3 is 20.5 Å². The number of benzene rings is 1. The van der Waals surface area contributed by atoms with Crippen LogP contribution in [0, 0.1) is 0 Å². The average Bonchev–Trinajstić information content (AvgIpc) is 2.18. The number of aromatic carboxylic acids is 1. The van der Waals surface area contributed by atoms with Crippen molar-refractivity contribution in [1.82, 2.24) is 0 Å². The van der Waals surface area contributed by atoms with Gasteiger partial charge in [0.2, 0.25) is 0 Å². The van der Waals surface area contributed by atoms with Gasteiger partial charge in [-0.2, -0.15) is 0 Å². The monoisotopic (exact) mass is 220 g/mol. The fourth-order valence-corrected chi connectivity index (χ4v) is 2.29. The maximum absolute atomic E-state index is 11.1. The summed E-state index contributed by atoms with van der Waals surface area (Å²) in [5.74, 6) is -0.614. The van der Waals surface area contributed by atoms with Crippen molar-refractivity contribution >= 4 is 17.3 Å². The van der Waals surface area contributed by atoms with E-state index in [1.807, 2.05) is 6.07 Å². The van der Waals surface area contributed by atoms with Gasteiger partial charge in [-0.15, -0.1) is 0 Å². The highest BCUT2D eigenvalue weighted by molar-refractivity contribution is 5.99. The van der Waals surface area contributed by atoms with Crippen LogP contribution >= 0.6 is 0 Å². The number of hydrogen-bond acceptors (Lipinski definition) is 4. The van der Waals surface area contributed by atoms with E-state index in [4.69, 9.17) is 15.6 Å². The van der Waals surface area contributed by atoms with Gasteiger partial charge in [-0.3, -0.25) is 0 Å². The molecule has 2 heterocycles. The molecule has 3 rings (SSSR count). The molecule has 2 aliphatic heterocycles. The normalized spacial score (nSPS) is 21.5. The van der Waals surface area contributed by atoms with E-state index in [2.05, 4.69) is 4.90 Å². The Hall–Kier alpha value is -1.91. The summed E-state index contributed by atoms with van der Waals surface area (Å²) in [5.41, 5.74) is 6.86. The van der Waals surface area contributed by atoms with E-state index < -0.39 is 5.97 Å². The van der Waals surface area contributed by atoms with E-state index in [-0.39, 0.29) is 11.3 Å². The molecule has 0 unspecified atom stereocenters. The van der Waals surface area contributed by atoms with Crippen LogP contribution in [0.2, 0.25) is 0 Å². The van der Waals surface area contributed by atoms with Crippen LogP contribution in [-0.4, -0.2) is 30.3 Å². The molecule has 84 valence electrons. The van der Waals surface area contributed by atoms with E-state index >= 15 is 0 Å². The molecule has 0 spiro atoms. The molecule has 0 saturated carbocycles. The van der Waals surface area contributed by atoms with Gasteiger partial charge in [-0.05, 0) is 18.6 Å². The van der Waals surface area contributed by atoms with E-state index in [0.29, 0.717) is 18.4 Å². The van der Waals surface area contributed by atoms with E-state index in [1.165, 1.54) is 0 Å². The first-order valence-corrected chi connectivity index (χ1v) is 5.23. The summed E-state index contributed by atoms with van der Waals surface area (Å²) in [5, 5.41) is 9.11. The minimum absolute atomic E-state index is 0.0860. The van der Waals surface area contributed by atoms with Crippen molar-refractivity contribution in [3.05, 3.63) is 17.7 Å². The Morgan fingerprint density at radius 3 is 3.00 bits per heavy atom. The Morgan fingerprint density at radius 1 is 1.56 bits per heavy atom. The highest BCUT2D eigenvalue weighted by Gasteiger charge is 2.36. The van der Waals surface area contributed by atoms with Crippen LogP contribution < -0.4 is 15.4 Å². The first kappa shape index (κ1) is 9.33. The Bertz CT molecular complexity index is 473. The van der Waals surface area contributed by atoms with Crippen molar-refractivity contribution in [2.45, 2.75) is 12.5 Å². The molecule has 1 aromatic rings. The van der Waals surface area contributed by atoms with E-state index in [1.54, 1.807) is 6.07 Å². The first-order chi connectivity index (χ1) is 7.68. The third kappa shape index (κ3) is 1.08. The summed E-state index contributed by atoms with van der Waals surface area (Å²) in [6.07, 6.45) is 1.10. The third-order valence-corrected chi connectivity index (χ3v) is 3.26. The van der Waals surface area contributed by atoms with Crippen LogP contribution in [0.25, 0.3) is 0 Å². The predicted octanol–water partition coefficient (Wildman–Crippen LogP) is 0.938. The molecular formula is C11H12N2O3. The topological polar surface area (TPSA) is 75.8 Å². The molecule has 5 heteroatoms. The largest absolute Gasteiger partial charge is 0.488 e. The molecule has 0 aromatic heterocycles. The van der Waals surface area contributed by atoms with Gasteiger partial charge >= 0.3 is 5.97 Å². The van der Waals surface area contributed by atoms with Crippen LogP contribution in [-0.2, 0) is 0 Å². The van der Waals surface area contributed by atoms with Gasteiger partial charge in [0, 0.05) is 6.54 Å². The second-order valence-electron chi connectivity index (χ2n) is 4.13. The summed E-state index contributed by atoms with van der Waals surface area (Å²) in [7, 11) is 0. The number of nitrogen functional groups attached to an aromatic ring is 1. The fourth-order valence-electron chi connectivity index (χ4n) is 2.29. The number of fused-ring (bicyclic) bond motifs is 3. The lowest BCUT2D eigenvalue weighted by Gasteiger charge is -2.46. The van der Waals surface area contributed by atoms with Crippen molar-refractivity contribution in [3.63, 3.8) is 0 Å². The number of nitrogens with zero attached hydrogens (tertiary/aromatic N) is 1. The molecule has 1 atom stereocenters. The molecule has 0 bridgehead atoms. The number of nitrogens with two attached hydrogens (primary N) is 1. The molecule has 3 N–H and O–H groups in total. The number of rotatable bonds is 1. The zero-order chi connectivity index (χ0) is 11.3. The van der Waals surface area contributed by atoms with Gasteiger partial charge in [0.1, 0.15) is 12.2 Å². The third-order valence-electron chi connectivity index (χ3n) is 3.26. The molecule has 16 heavy (non-hydrogen) atoms. The number of anilines is 2. The maximum atomic E-state index is 11.1. The zero-order valence-corrected chi connectivity index (χ0v) is 8.64. The average molecular weight is 220 g/mol. The second kappa shape index (κ2) is 3.04. The molecule has 0 radical (unpaired) electrons. The Morgan fingerprint density at radius 2 is 2.38 bits per heavy atom. The SMILES string of the molecule is Nc1ccc2c(c1C(=O)O)OC[C@H]1CCN21. The molecule has 1 saturated heterocycles. The van der Waals surface area contributed by atoms with Gasteiger partial charge in [-0.1, -0.05) is 0 Å². The number of carboxylic acid groups (broad SMARTS) is 1. The molecule has 0 aliphatic carbocycles. The quantitative estimate of drug-likeness (QED) is 0.689. The molecule has 1 aromatic carbocycles. The molecule has 2 aliphatic rings. The first-order valence-electron chi connectivity index (χ1n) is 5.23. The van der Waals surface area contributed by atoms with E-state index in [0.717, 1.165) is 18.7 Å². The lowest BCUT2D eigenvalue weighted by Crippen LogP contribution is -2.53. The molecule has 5 nitrogen and oxygen atoms in total. The summed E-state index contributed by atoms with van der Waals surface area (Å²) in [6.45, 7) is 1.51.